The van der Waals surface area contributed by atoms with Gasteiger partial charge in [0.2, 0.25) is 11.8 Å². The molecule has 1 unspecified atom stereocenters. The molecule has 2 fully saturated rings. The summed E-state index contributed by atoms with van der Waals surface area (Å²) >= 11 is 0. The smallest absolute Gasteiger partial charge is 0.225 e. The molecule has 0 aromatic heterocycles. The molecule has 0 radical (unpaired) electrons. The summed E-state index contributed by atoms with van der Waals surface area (Å²) in [5.74, 6) is 1.47. The monoisotopic (exact) mass is 521 g/mol. The maximum absolute atomic E-state index is 12.7. The highest BCUT2D eigenvalue weighted by Crippen LogP contribution is 2.26. The third-order valence-corrected chi connectivity index (χ3v) is 5.85. The molecule has 2 amide bonds. The molecule has 8 heteroatoms. The van der Waals surface area contributed by atoms with E-state index in [0.717, 1.165) is 57.9 Å². The second-order valence-electron chi connectivity index (χ2n) is 7.83. The van der Waals surface area contributed by atoms with E-state index in [1.54, 1.807) is 0 Å². The molecule has 2 rings (SSSR count). The average molecular weight is 521 g/mol. The summed E-state index contributed by atoms with van der Waals surface area (Å²) in [6.45, 7) is 10.3. The second-order valence-corrected chi connectivity index (χ2v) is 7.83. The lowest BCUT2D eigenvalue weighted by Crippen LogP contribution is -2.45. The van der Waals surface area contributed by atoms with E-state index in [2.05, 4.69) is 15.6 Å². The molecule has 1 aliphatic heterocycles. The first kappa shape index (κ1) is 26.0. The van der Waals surface area contributed by atoms with E-state index in [4.69, 9.17) is 0 Å². The molecule has 1 heterocycles. The van der Waals surface area contributed by atoms with E-state index < -0.39 is 0 Å². The fraction of sp³-hybridized carbons (Fsp3) is 0.857. The predicted octanol–water partition coefficient (Wildman–Crippen LogP) is 2.60. The van der Waals surface area contributed by atoms with Gasteiger partial charge >= 0.3 is 0 Å². The van der Waals surface area contributed by atoms with Crippen LogP contribution < -0.4 is 10.6 Å². The summed E-state index contributed by atoms with van der Waals surface area (Å²) in [7, 11) is 0. The van der Waals surface area contributed by atoms with E-state index in [1.165, 1.54) is 19.3 Å². The van der Waals surface area contributed by atoms with Crippen molar-refractivity contribution in [3.05, 3.63) is 0 Å². The van der Waals surface area contributed by atoms with Crippen LogP contribution in [0.5, 0.6) is 0 Å². The lowest BCUT2D eigenvalue weighted by Gasteiger charge is -2.26. The summed E-state index contributed by atoms with van der Waals surface area (Å²) in [6, 6.07) is 0.226. The number of halogens is 1. The van der Waals surface area contributed by atoms with Gasteiger partial charge in [0.25, 0.3) is 0 Å². The molecule has 1 aliphatic carbocycles. The number of guanidine groups is 1. The van der Waals surface area contributed by atoms with E-state index in [9.17, 15) is 9.59 Å². The van der Waals surface area contributed by atoms with Crippen molar-refractivity contribution >= 4 is 41.8 Å². The Balaban J connectivity index is 0.00000420. The summed E-state index contributed by atoms with van der Waals surface area (Å²) in [5.41, 5.74) is 0. The van der Waals surface area contributed by atoms with E-state index in [0.29, 0.717) is 18.9 Å². The molecule has 2 aliphatic rings. The fourth-order valence-electron chi connectivity index (χ4n) is 4.20. The van der Waals surface area contributed by atoms with Crippen molar-refractivity contribution in [2.45, 2.75) is 71.8 Å². The van der Waals surface area contributed by atoms with Crippen LogP contribution in [0, 0.1) is 5.92 Å². The van der Waals surface area contributed by atoms with Crippen LogP contribution in [0.15, 0.2) is 4.99 Å². The van der Waals surface area contributed by atoms with Gasteiger partial charge in [-0.2, -0.15) is 0 Å². The van der Waals surface area contributed by atoms with Gasteiger partial charge in [-0.25, -0.2) is 0 Å². The van der Waals surface area contributed by atoms with Crippen molar-refractivity contribution in [1.29, 1.82) is 0 Å². The molecule has 0 bridgehead atoms. The van der Waals surface area contributed by atoms with Gasteiger partial charge in [0.15, 0.2) is 5.96 Å². The Labute approximate surface area is 193 Å². The van der Waals surface area contributed by atoms with E-state index in [-0.39, 0.29) is 41.8 Å². The maximum Gasteiger partial charge on any atom is 0.225 e. The number of carbonyl (C=O) groups is 2. The van der Waals surface area contributed by atoms with Gasteiger partial charge in [-0.05, 0) is 40.0 Å². The van der Waals surface area contributed by atoms with Crippen molar-refractivity contribution in [2.75, 3.05) is 39.3 Å². The number of likely N-dealkylation sites (tertiary alicyclic amines) is 1. The van der Waals surface area contributed by atoms with Crippen LogP contribution in [-0.2, 0) is 9.59 Å². The average Bonchev–Trinajstić information content (AvgIpc) is 3.17. The number of nitrogens with zero attached hydrogens (tertiary/aromatic N) is 3. The highest BCUT2D eigenvalue weighted by atomic mass is 127. The molecule has 0 aromatic carbocycles. The van der Waals surface area contributed by atoms with E-state index >= 15 is 0 Å². The number of nitrogens with one attached hydrogen (secondary N) is 2. The zero-order chi connectivity index (χ0) is 20.4. The Kier molecular flexibility index (Phi) is 12.6. The Bertz CT molecular complexity index is 533. The zero-order valence-corrected chi connectivity index (χ0v) is 20.7. The minimum Gasteiger partial charge on any atom is -0.357 e. The first-order chi connectivity index (χ1) is 13.6. The van der Waals surface area contributed by atoms with Crippen LogP contribution in [0.2, 0.25) is 0 Å². The van der Waals surface area contributed by atoms with Gasteiger partial charge in [-0.1, -0.05) is 19.3 Å². The molecule has 1 saturated carbocycles. The van der Waals surface area contributed by atoms with Crippen molar-refractivity contribution in [3.8, 4) is 0 Å². The zero-order valence-electron chi connectivity index (χ0n) is 18.4. The van der Waals surface area contributed by atoms with Crippen molar-refractivity contribution in [3.63, 3.8) is 0 Å². The molecule has 0 spiro atoms. The lowest BCUT2D eigenvalue weighted by atomic mass is 9.88. The Hall–Kier alpha value is -1.06. The molecular formula is C21H40IN5O2. The number of hydrogen-bond donors (Lipinski definition) is 2. The highest BCUT2D eigenvalue weighted by Gasteiger charge is 2.31. The van der Waals surface area contributed by atoms with Gasteiger partial charge in [0.05, 0.1) is 6.54 Å². The van der Waals surface area contributed by atoms with Crippen molar-refractivity contribution in [1.82, 2.24) is 20.4 Å². The number of amides is 2. The molecule has 0 aromatic rings. The van der Waals surface area contributed by atoms with Gasteiger partial charge in [-0.3, -0.25) is 14.6 Å². The van der Waals surface area contributed by atoms with Gasteiger partial charge < -0.3 is 20.4 Å². The summed E-state index contributed by atoms with van der Waals surface area (Å²) < 4.78 is 0. The molecule has 1 atom stereocenters. The number of hydrogen-bond acceptors (Lipinski definition) is 3. The second kappa shape index (κ2) is 14.0. The number of carbonyl (C=O) groups excluding carboxylic acids is 2. The van der Waals surface area contributed by atoms with Crippen LogP contribution in [0.4, 0.5) is 0 Å². The fourth-order valence-corrected chi connectivity index (χ4v) is 4.20. The van der Waals surface area contributed by atoms with Crippen LogP contribution in [0.25, 0.3) is 0 Å². The van der Waals surface area contributed by atoms with Gasteiger partial charge in [0, 0.05) is 51.1 Å². The van der Waals surface area contributed by atoms with Crippen molar-refractivity contribution in [2.24, 2.45) is 10.9 Å². The minimum absolute atomic E-state index is 0. The van der Waals surface area contributed by atoms with E-state index in [1.807, 2.05) is 30.6 Å². The SMILES string of the molecule is CCNC(=NCCC(=O)N(CC)CC)NC1CCN(C(=O)C2CCCCC2)C1.I. The Morgan fingerprint density at radius 3 is 2.38 bits per heavy atom. The first-order valence-electron chi connectivity index (χ1n) is 11.2. The third kappa shape index (κ3) is 8.30. The summed E-state index contributed by atoms with van der Waals surface area (Å²) in [5, 5.41) is 6.71. The van der Waals surface area contributed by atoms with Gasteiger partial charge in [0.1, 0.15) is 0 Å². The lowest BCUT2D eigenvalue weighted by molar-refractivity contribution is -0.135. The Morgan fingerprint density at radius 2 is 1.76 bits per heavy atom. The number of aliphatic imine (C=N–C) groups is 1. The molecule has 7 nitrogen and oxygen atoms in total. The third-order valence-electron chi connectivity index (χ3n) is 5.85. The van der Waals surface area contributed by atoms with Crippen LogP contribution in [0.1, 0.15) is 65.7 Å². The molecule has 1 saturated heterocycles. The largest absolute Gasteiger partial charge is 0.357 e. The summed E-state index contributed by atoms with van der Waals surface area (Å²) in [4.78, 5) is 33.3. The Morgan fingerprint density at radius 1 is 1.07 bits per heavy atom. The van der Waals surface area contributed by atoms with Crippen molar-refractivity contribution < 1.29 is 9.59 Å². The molecule has 2 N–H and O–H groups in total. The molecule has 168 valence electrons. The molecular weight excluding hydrogens is 481 g/mol. The minimum atomic E-state index is 0. The van der Waals surface area contributed by atoms with Gasteiger partial charge in [-0.15, -0.1) is 24.0 Å². The van der Waals surface area contributed by atoms with Crippen LogP contribution >= 0.6 is 24.0 Å². The maximum atomic E-state index is 12.7. The predicted molar refractivity (Wildman–Crippen MR) is 129 cm³/mol. The van der Waals surface area contributed by atoms with Crippen LogP contribution in [0.3, 0.4) is 0 Å². The highest BCUT2D eigenvalue weighted by molar-refractivity contribution is 14.0. The van der Waals surface area contributed by atoms with Crippen LogP contribution in [-0.4, -0.2) is 72.9 Å². The topological polar surface area (TPSA) is 77.0 Å². The standard InChI is InChI=1S/C21H39N5O2.HI/c1-4-22-21(23-14-12-19(27)25(5-2)6-3)24-18-13-15-26(16-18)20(28)17-10-8-7-9-11-17;/h17-18H,4-16H2,1-3H3,(H2,22,23,24);1H. The number of rotatable bonds is 8. The first-order valence-corrected chi connectivity index (χ1v) is 11.2. The quantitative estimate of drug-likeness (QED) is 0.293. The summed E-state index contributed by atoms with van der Waals surface area (Å²) in [6.07, 6.45) is 7.13. The normalized spacial score (nSPS) is 20.2. The molecule has 29 heavy (non-hydrogen) atoms.